The lowest BCUT2D eigenvalue weighted by molar-refractivity contribution is 0.410. The van der Waals surface area contributed by atoms with Crippen molar-refractivity contribution in [2.75, 3.05) is 12.8 Å². The summed E-state index contributed by atoms with van der Waals surface area (Å²) in [6.45, 7) is 0. The number of methoxy groups -OCH3 is 1. The Morgan fingerprint density at radius 2 is 2.13 bits per heavy atom. The monoisotopic (exact) mass is 221 g/mol. The van der Waals surface area contributed by atoms with Gasteiger partial charge in [0.2, 0.25) is 5.13 Å². The lowest BCUT2D eigenvalue weighted by Gasteiger charge is -2.05. The van der Waals surface area contributed by atoms with Crippen LogP contribution < -0.4 is 10.5 Å². The fourth-order valence-corrected chi connectivity index (χ4v) is 1.98. The standard InChI is InChI=1S/C10H11N3OS/c1-14-8-5-3-2-4-7(8)6-9-12-13-10(11)15-9/h2-5H,6H2,1H3,(H2,11,13). The average molecular weight is 221 g/mol. The Morgan fingerprint density at radius 3 is 2.80 bits per heavy atom. The molecule has 1 aromatic heterocycles. The quantitative estimate of drug-likeness (QED) is 0.857. The second kappa shape index (κ2) is 4.27. The molecule has 78 valence electrons. The summed E-state index contributed by atoms with van der Waals surface area (Å²) >= 11 is 1.40. The second-order valence-corrected chi connectivity index (χ2v) is 4.12. The average Bonchev–Trinajstić information content (AvgIpc) is 2.65. The molecular formula is C10H11N3OS. The van der Waals surface area contributed by atoms with Crippen LogP contribution in [0.2, 0.25) is 0 Å². The van der Waals surface area contributed by atoms with Gasteiger partial charge in [0.1, 0.15) is 10.8 Å². The molecule has 0 bridgehead atoms. The summed E-state index contributed by atoms with van der Waals surface area (Å²) in [5.41, 5.74) is 6.61. The van der Waals surface area contributed by atoms with E-state index < -0.39 is 0 Å². The molecule has 0 saturated heterocycles. The number of anilines is 1. The molecule has 0 aliphatic carbocycles. The molecule has 5 heteroatoms. The van der Waals surface area contributed by atoms with Crippen molar-refractivity contribution in [3.63, 3.8) is 0 Å². The number of nitrogen functional groups attached to an aromatic ring is 1. The first-order valence-corrected chi connectivity index (χ1v) is 5.31. The molecular weight excluding hydrogens is 210 g/mol. The molecule has 0 fully saturated rings. The van der Waals surface area contributed by atoms with Crippen molar-refractivity contribution in [2.24, 2.45) is 0 Å². The van der Waals surface area contributed by atoms with Crippen LogP contribution in [0.15, 0.2) is 24.3 Å². The van der Waals surface area contributed by atoms with Crippen LogP contribution in [0.5, 0.6) is 5.75 Å². The number of rotatable bonds is 3. The molecule has 0 unspecified atom stereocenters. The van der Waals surface area contributed by atoms with Gasteiger partial charge in [-0.3, -0.25) is 0 Å². The van der Waals surface area contributed by atoms with Crippen molar-refractivity contribution >= 4 is 16.5 Å². The normalized spacial score (nSPS) is 10.2. The molecule has 1 aromatic carbocycles. The predicted octanol–water partition coefficient (Wildman–Crippen LogP) is 1.72. The van der Waals surface area contributed by atoms with Gasteiger partial charge in [0.15, 0.2) is 0 Å². The number of benzene rings is 1. The minimum absolute atomic E-state index is 0.500. The largest absolute Gasteiger partial charge is 0.496 e. The number of para-hydroxylation sites is 1. The summed E-state index contributed by atoms with van der Waals surface area (Å²) in [5.74, 6) is 0.867. The second-order valence-electron chi connectivity index (χ2n) is 3.02. The van der Waals surface area contributed by atoms with Crippen LogP contribution in [0.3, 0.4) is 0 Å². The maximum atomic E-state index is 5.52. The van der Waals surface area contributed by atoms with E-state index in [9.17, 15) is 0 Å². The Labute approximate surface area is 91.7 Å². The molecule has 2 aromatic rings. The molecule has 0 amide bonds. The zero-order valence-corrected chi connectivity index (χ0v) is 9.12. The minimum Gasteiger partial charge on any atom is -0.496 e. The fraction of sp³-hybridized carbons (Fsp3) is 0.200. The summed E-state index contributed by atoms with van der Waals surface area (Å²) in [7, 11) is 1.66. The molecule has 4 nitrogen and oxygen atoms in total. The van der Waals surface area contributed by atoms with Crippen molar-refractivity contribution in [2.45, 2.75) is 6.42 Å². The maximum absolute atomic E-state index is 5.52. The van der Waals surface area contributed by atoms with Crippen LogP contribution in [-0.4, -0.2) is 17.3 Å². The molecule has 1 heterocycles. The molecule has 0 atom stereocenters. The first-order chi connectivity index (χ1) is 7.29. The molecule has 0 saturated carbocycles. The Bertz CT molecular complexity index is 455. The summed E-state index contributed by atoms with van der Waals surface area (Å²) in [6.07, 6.45) is 0.707. The Morgan fingerprint density at radius 1 is 1.33 bits per heavy atom. The van der Waals surface area contributed by atoms with E-state index in [1.807, 2.05) is 24.3 Å². The zero-order chi connectivity index (χ0) is 10.7. The first kappa shape index (κ1) is 9.92. The van der Waals surface area contributed by atoms with Gasteiger partial charge in [0.05, 0.1) is 7.11 Å². The summed E-state index contributed by atoms with van der Waals surface area (Å²) in [4.78, 5) is 0. The molecule has 0 spiro atoms. The smallest absolute Gasteiger partial charge is 0.203 e. The van der Waals surface area contributed by atoms with Gasteiger partial charge in [0, 0.05) is 12.0 Å². The zero-order valence-electron chi connectivity index (χ0n) is 8.30. The van der Waals surface area contributed by atoms with Crippen molar-refractivity contribution in [3.05, 3.63) is 34.8 Å². The highest BCUT2D eigenvalue weighted by atomic mass is 32.1. The van der Waals surface area contributed by atoms with Crippen LogP contribution in [-0.2, 0) is 6.42 Å². The van der Waals surface area contributed by atoms with Crippen molar-refractivity contribution in [3.8, 4) is 5.75 Å². The highest BCUT2D eigenvalue weighted by Gasteiger charge is 2.06. The van der Waals surface area contributed by atoms with Crippen LogP contribution >= 0.6 is 11.3 Å². The third-order valence-electron chi connectivity index (χ3n) is 2.02. The Hall–Kier alpha value is -1.62. The number of ether oxygens (including phenoxy) is 1. The molecule has 0 aliphatic rings. The van der Waals surface area contributed by atoms with Crippen molar-refractivity contribution in [1.29, 1.82) is 0 Å². The van der Waals surface area contributed by atoms with Crippen LogP contribution in [0.25, 0.3) is 0 Å². The first-order valence-electron chi connectivity index (χ1n) is 4.49. The van der Waals surface area contributed by atoms with E-state index in [-0.39, 0.29) is 0 Å². The van der Waals surface area contributed by atoms with Crippen LogP contribution in [0.1, 0.15) is 10.6 Å². The van der Waals surface area contributed by atoms with Crippen LogP contribution in [0, 0.1) is 0 Å². The molecule has 0 aliphatic heterocycles. The van der Waals surface area contributed by atoms with Crippen molar-refractivity contribution < 1.29 is 4.74 Å². The van der Waals surface area contributed by atoms with E-state index in [0.717, 1.165) is 16.3 Å². The van der Waals surface area contributed by atoms with Gasteiger partial charge in [-0.15, -0.1) is 10.2 Å². The van der Waals surface area contributed by atoms with E-state index in [1.54, 1.807) is 7.11 Å². The summed E-state index contributed by atoms with van der Waals surface area (Å²) in [5, 5.41) is 9.15. The van der Waals surface area contributed by atoms with Gasteiger partial charge in [0.25, 0.3) is 0 Å². The molecule has 2 rings (SSSR count). The van der Waals surface area contributed by atoms with E-state index >= 15 is 0 Å². The molecule has 2 N–H and O–H groups in total. The Balaban J connectivity index is 2.23. The number of hydrogen-bond acceptors (Lipinski definition) is 5. The van der Waals surface area contributed by atoms with E-state index in [2.05, 4.69) is 10.2 Å². The van der Waals surface area contributed by atoms with Gasteiger partial charge < -0.3 is 10.5 Å². The lowest BCUT2D eigenvalue weighted by Crippen LogP contribution is -1.92. The SMILES string of the molecule is COc1ccccc1Cc1nnc(N)s1. The lowest BCUT2D eigenvalue weighted by atomic mass is 10.1. The predicted molar refractivity (Wildman–Crippen MR) is 60.1 cm³/mol. The minimum atomic E-state index is 0.500. The number of hydrogen-bond donors (Lipinski definition) is 1. The van der Waals surface area contributed by atoms with Gasteiger partial charge in [-0.05, 0) is 6.07 Å². The van der Waals surface area contributed by atoms with Crippen molar-refractivity contribution in [1.82, 2.24) is 10.2 Å². The molecule has 0 radical (unpaired) electrons. The van der Waals surface area contributed by atoms with Gasteiger partial charge >= 0.3 is 0 Å². The highest BCUT2D eigenvalue weighted by Crippen LogP contribution is 2.22. The summed E-state index contributed by atoms with van der Waals surface area (Å²) < 4.78 is 5.25. The van der Waals surface area contributed by atoms with Gasteiger partial charge in [-0.1, -0.05) is 29.5 Å². The van der Waals surface area contributed by atoms with E-state index in [0.29, 0.717) is 11.6 Å². The third kappa shape index (κ3) is 2.24. The van der Waals surface area contributed by atoms with Crippen LogP contribution in [0.4, 0.5) is 5.13 Å². The topological polar surface area (TPSA) is 61.0 Å². The number of nitrogens with zero attached hydrogens (tertiary/aromatic N) is 2. The maximum Gasteiger partial charge on any atom is 0.203 e. The molecule has 15 heavy (non-hydrogen) atoms. The fourth-order valence-electron chi connectivity index (χ4n) is 1.35. The Kier molecular flexibility index (Phi) is 2.82. The van der Waals surface area contributed by atoms with Gasteiger partial charge in [-0.2, -0.15) is 0 Å². The van der Waals surface area contributed by atoms with E-state index in [1.165, 1.54) is 11.3 Å². The summed E-state index contributed by atoms with van der Waals surface area (Å²) in [6, 6.07) is 7.86. The number of nitrogens with two attached hydrogens (primary N) is 1. The van der Waals surface area contributed by atoms with E-state index in [4.69, 9.17) is 10.5 Å². The van der Waals surface area contributed by atoms with Gasteiger partial charge in [-0.25, -0.2) is 0 Å². The number of aromatic nitrogens is 2. The highest BCUT2D eigenvalue weighted by molar-refractivity contribution is 7.15. The third-order valence-corrected chi connectivity index (χ3v) is 2.77.